The van der Waals surface area contributed by atoms with Crippen molar-refractivity contribution < 1.29 is 15.7 Å². The molecule has 1 atom stereocenters. The van der Waals surface area contributed by atoms with E-state index < -0.39 is 6.58 Å². The Labute approximate surface area is 78.9 Å². The summed E-state index contributed by atoms with van der Waals surface area (Å²) in [5.41, 5.74) is 0.00113. The van der Waals surface area contributed by atoms with Gasteiger partial charge in [-0.15, -0.1) is 0 Å². The first-order chi connectivity index (χ1) is 6.38. The molecule has 1 aromatic rings. The van der Waals surface area contributed by atoms with Gasteiger partial charge in [-0.1, -0.05) is 20.8 Å². The van der Waals surface area contributed by atoms with E-state index in [0.717, 1.165) is 0 Å². The van der Waals surface area contributed by atoms with Crippen LogP contribution in [0, 0.1) is 0 Å². The van der Waals surface area contributed by atoms with Gasteiger partial charge in [0.25, 0.3) is 5.88 Å². The summed E-state index contributed by atoms with van der Waals surface area (Å²) in [6, 6.07) is 0. The summed E-state index contributed by atoms with van der Waals surface area (Å²) < 4.78 is 17.2. The van der Waals surface area contributed by atoms with E-state index in [4.69, 9.17) is 10.6 Å². The van der Waals surface area contributed by atoms with Crippen LogP contribution in [0.4, 0.5) is 0 Å². The van der Waals surface area contributed by atoms with E-state index in [1.165, 1.54) is 7.11 Å². The lowest BCUT2D eigenvalue weighted by Gasteiger charge is -2.14. The zero-order valence-corrected chi connectivity index (χ0v) is 8.29. The molecular formula is C9H15NO3. The highest BCUT2D eigenvalue weighted by Gasteiger charge is 2.26. The van der Waals surface area contributed by atoms with E-state index in [2.05, 4.69) is 5.16 Å². The fraction of sp³-hybridized carbons (Fsp3) is 0.667. The van der Waals surface area contributed by atoms with Gasteiger partial charge in [-0.05, 0) is 5.16 Å². The molecule has 1 aromatic heterocycles. The molecule has 0 spiro atoms. The fourth-order valence-electron chi connectivity index (χ4n) is 1.08. The number of aliphatic hydroxyl groups excluding tert-OH is 1. The third-order valence-corrected chi connectivity index (χ3v) is 1.70. The summed E-state index contributed by atoms with van der Waals surface area (Å²) in [6.07, 6.45) is 0. The average Bonchev–Trinajstić information content (AvgIpc) is 2.45. The van der Waals surface area contributed by atoms with E-state index in [0.29, 0.717) is 11.3 Å². The highest BCUT2D eigenvalue weighted by molar-refractivity contribution is 5.31. The van der Waals surface area contributed by atoms with Gasteiger partial charge in [0, 0.05) is 5.41 Å². The van der Waals surface area contributed by atoms with Gasteiger partial charge in [0.15, 0.2) is 5.76 Å². The maximum absolute atomic E-state index is 9.26. The third kappa shape index (κ3) is 1.83. The van der Waals surface area contributed by atoms with Crippen molar-refractivity contribution in [3.8, 4) is 5.88 Å². The Balaban J connectivity index is 3.25. The van der Waals surface area contributed by atoms with Gasteiger partial charge in [0.2, 0.25) is 0 Å². The summed E-state index contributed by atoms with van der Waals surface area (Å²) in [7, 11) is 1.43. The maximum atomic E-state index is 9.26. The molecule has 0 radical (unpaired) electrons. The van der Waals surface area contributed by atoms with E-state index in [9.17, 15) is 5.11 Å². The molecule has 0 aliphatic rings. The Bertz CT molecular complexity index is 314. The molecule has 0 aliphatic heterocycles. The smallest absolute Gasteiger partial charge is 0.259 e. The van der Waals surface area contributed by atoms with E-state index in [1.807, 2.05) is 20.8 Å². The van der Waals surface area contributed by atoms with Crippen LogP contribution in [0.3, 0.4) is 0 Å². The topological polar surface area (TPSA) is 55.5 Å². The standard InChI is InChI=1S/C9H15NO3/c1-9(2,3)7-6(5-11)8(12-4)10-13-7/h11H,5H2,1-4H3/i5D/t5-/m1/s1. The highest BCUT2D eigenvalue weighted by atomic mass is 16.5. The Morgan fingerprint density at radius 1 is 1.62 bits per heavy atom. The summed E-state index contributed by atoms with van der Waals surface area (Å²) >= 11 is 0. The molecular weight excluding hydrogens is 170 g/mol. The SMILES string of the molecule is [2H][C@@H](O)c1c(OC)noc1C(C)(C)C. The Hall–Kier alpha value is -1.03. The van der Waals surface area contributed by atoms with Crippen LogP contribution < -0.4 is 4.74 Å². The summed E-state index contributed by atoms with van der Waals surface area (Å²) in [5, 5.41) is 12.9. The lowest BCUT2D eigenvalue weighted by atomic mass is 9.90. The zero-order chi connectivity index (χ0) is 10.9. The second-order valence-electron chi connectivity index (χ2n) is 3.81. The van der Waals surface area contributed by atoms with Crippen LogP contribution in [0.1, 0.15) is 33.5 Å². The quantitative estimate of drug-likeness (QED) is 0.760. The van der Waals surface area contributed by atoms with Crippen molar-refractivity contribution in [2.75, 3.05) is 7.11 Å². The predicted molar refractivity (Wildman–Crippen MR) is 47.7 cm³/mol. The van der Waals surface area contributed by atoms with E-state index in [1.54, 1.807) is 0 Å². The van der Waals surface area contributed by atoms with Crippen LogP contribution in [0.2, 0.25) is 0 Å². The summed E-state index contributed by atoms with van der Waals surface area (Å²) in [5.74, 6) is 0.661. The number of rotatable bonds is 2. The van der Waals surface area contributed by atoms with Crippen LogP contribution in [-0.2, 0) is 12.0 Å². The fourth-order valence-corrected chi connectivity index (χ4v) is 1.08. The summed E-state index contributed by atoms with van der Waals surface area (Å²) in [4.78, 5) is 0. The Kier molecular flexibility index (Phi) is 2.22. The van der Waals surface area contributed by atoms with Crippen molar-refractivity contribution in [2.24, 2.45) is 0 Å². The van der Waals surface area contributed by atoms with Crippen molar-refractivity contribution in [2.45, 2.75) is 32.8 Å². The number of nitrogens with zero attached hydrogens (tertiary/aromatic N) is 1. The molecule has 1 N–H and O–H groups in total. The second kappa shape index (κ2) is 3.38. The maximum Gasteiger partial charge on any atom is 0.259 e. The van der Waals surface area contributed by atoms with Crippen LogP contribution in [0.25, 0.3) is 0 Å². The number of hydrogen-bond acceptors (Lipinski definition) is 4. The molecule has 4 nitrogen and oxygen atoms in total. The summed E-state index contributed by atoms with van der Waals surface area (Å²) in [6.45, 7) is 4.36. The van der Waals surface area contributed by atoms with E-state index >= 15 is 0 Å². The minimum absolute atomic E-state index is 0.178. The molecule has 0 aliphatic carbocycles. The number of hydrogen-bond donors (Lipinski definition) is 1. The number of methoxy groups -OCH3 is 1. The molecule has 1 heterocycles. The first-order valence-corrected chi connectivity index (χ1v) is 4.02. The number of ether oxygens (including phenoxy) is 1. The molecule has 0 amide bonds. The molecule has 0 saturated heterocycles. The number of aliphatic hydroxyl groups is 1. The van der Waals surface area contributed by atoms with Crippen LogP contribution in [0.15, 0.2) is 4.52 Å². The Morgan fingerprint density at radius 2 is 2.23 bits per heavy atom. The van der Waals surface area contributed by atoms with Crippen molar-refractivity contribution in [3.63, 3.8) is 0 Å². The van der Waals surface area contributed by atoms with Gasteiger partial charge in [0.05, 0.1) is 20.6 Å². The second-order valence-corrected chi connectivity index (χ2v) is 3.81. The highest BCUT2D eigenvalue weighted by Crippen LogP contribution is 2.31. The Morgan fingerprint density at radius 3 is 2.62 bits per heavy atom. The van der Waals surface area contributed by atoms with Gasteiger partial charge >= 0.3 is 0 Å². The predicted octanol–water partition coefficient (Wildman–Crippen LogP) is 1.47. The first kappa shape index (κ1) is 8.56. The van der Waals surface area contributed by atoms with Crippen LogP contribution in [-0.4, -0.2) is 17.4 Å². The molecule has 74 valence electrons. The molecule has 0 bridgehead atoms. The molecule has 0 fully saturated rings. The van der Waals surface area contributed by atoms with Gasteiger partial charge in [0.1, 0.15) is 0 Å². The van der Waals surface area contributed by atoms with Gasteiger partial charge < -0.3 is 14.4 Å². The van der Waals surface area contributed by atoms with E-state index in [-0.39, 0.29) is 11.3 Å². The minimum Gasteiger partial charge on any atom is -0.479 e. The minimum atomic E-state index is -1.38. The largest absolute Gasteiger partial charge is 0.479 e. The lowest BCUT2D eigenvalue weighted by Crippen LogP contribution is -2.12. The van der Waals surface area contributed by atoms with Crippen molar-refractivity contribution in [1.82, 2.24) is 5.16 Å². The van der Waals surface area contributed by atoms with Crippen molar-refractivity contribution >= 4 is 0 Å². The molecule has 4 heteroatoms. The van der Waals surface area contributed by atoms with Crippen LogP contribution >= 0.6 is 0 Å². The molecule has 0 saturated carbocycles. The van der Waals surface area contributed by atoms with Crippen LogP contribution in [0.5, 0.6) is 5.88 Å². The van der Waals surface area contributed by atoms with Gasteiger partial charge in [-0.25, -0.2) is 0 Å². The number of aromatic nitrogens is 1. The third-order valence-electron chi connectivity index (χ3n) is 1.70. The monoisotopic (exact) mass is 186 g/mol. The molecule has 13 heavy (non-hydrogen) atoms. The van der Waals surface area contributed by atoms with Crippen molar-refractivity contribution in [1.29, 1.82) is 0 Å². The molecule has 1 rings (SSSR count). The van der Waals surface area contributed by atoms with Gasteiger partial charge in [-0.3, -0.25) is 0 Å². The molecule has 0 aromatic carbocycles. The first-order valence-electron chi connectivity index (χ1n) is 4.60. The zero-order valence-electron chi connectivity index (χ0n) is 9.29. The lowest BCUT2D eigenvalue weighted by molar-refractivity contribution is 0.267. The molecule has 0 unspecified atom stereocenters. The van der Waals surface area contributed by atoms with Gasteiger partial charge in [-0.2, -0.15) is 0 Å². The average molecular weight is 186 g/mol. The normalized spacial score (nSPS) is 15.3. The van der Waals surface area contributed by atoms with Crippen molar-refractivity contribution in [3.05, 3.63) is 11.3 Å².